The van der Waals surface area contributed by atoms with Crippen molar-refractivity contribution in [3.63, 3.8) is 0 Å². The second-order valence-electron chi connectivity index (χ2n) is 12.7. The van der Waals surface area contributed by atoms with Crippen molar-refractivity contribution in [2.75, 3.05) is 11.9 Å². The average Bonchev–Trinajstić information content (AvgIpc) is 3.70. The molecule has 50 heavy (non-hydrogen) atoms. The summed E-state index contributed by atoms with van der Waals surface area (Å²) in [6.45, 7) is 0.848. The van der Waals surface area contributed by atoms with Crippen molar-refractivity contribution in [3.8, 4) is 11.4 Å². The number of rotatable bonds is 7. The number of anilines is 1. The molecular formula is C44H36N6. The first-order valence-corrected chi connectivity index (χ1v) is 17.1. The molecule has 0 radical (unpaired) electrons. The van der Waals surface area contributed by atoms with E-state index in [1.807, 2.05) is 12.3 Å². The third-order valence-electron chi connectivity index (χ3n) is 9.74. The highest BCUT2D eigenvalue weighted by Crippen LogP contribution is 2.37. The molecule has 0 fully saturated rings. The van der Waals surface area contributed by atoms with Crippen LogP contribution in [0.25, 0.3) is 61.4 Å². The summed E-state index contributed by atoms with van der Waals surface area (Å²) in [5.74, 6) is 0. The molecule has 0 bridgehead atoms. The van der Waals surface area contributed by atoms with Crippen LogP contribution in [0.2, 0.25) is 0 Å². The molecule has 5 heterocycles. The van der Waals surface area contributed by atoms with Crippen molar-refractivity contribution >= 4 is 55.7 Å². The molecule has 0 saturated carbocycles. The summed E-state index contributed by atoms with van der Waals surface area (Å²) in [4.78, 5) is 4.67. The van der Waals surface area contributed by atoms with Gasteiger partial charge in [0.1, 0.15) is 0 Å². The Morgan fingerprint density at radius 1 is 0.800 bits per heavy atom. The van der Waals surface area contributed by atoms with Gasteiger partial charge in [0, 0.05) is 53.3 Å². The third-order valence-corrected chi connectivity index (χ3v) is 9.74. The number of para-hydroxylation sites is 2. The lowest BCUT2D eigenvalue weighted by Crippen LogP contribution is -2.23. The van der Waals surface area contributed by atoms with Crippen LogP contribution in [0.4, 0.5) is 5.69 Å². The molecule has 6 nitrogen and oxygen atoms in total. The molecule has 1 unspecified atom stereocenters. The van der Waals surface area contributed by atoms with E-state index in [1.54, 1.807) is 6.20 Å². The van der Waals surface area contributed by atoms with Gasteiger partial charge in [-0.2, -0.15) is 0 Å². The van der Waals surface area contributed by atoms with E-state index >= 15 is 0 Å². The lowest BCUT2D eigenvalue weighted by Gasteiger charge is -2.19. The highest BCUT2D eigenvalue weighted by atomic mass is 15.0. The van der Waals surface area contributed by atoms with Crippen LogP contribution in [-0.4, -0.2) is 26.7 Å². The molecule has 4 aromatic carbocycles. The van der Waals surface area contributed by atoms with Gasteiger partial charge in [0.2, 0.25) is 0 Å². The maximum absolute atomic E-state index is 6.13. The molecule has 0 saturated heterocycles. The van der Waals surface area contributed by atoms with E-state index in [2.05, 4.69) is 171 Å². The van der Waals surface area contributed by atoms with Gasteiger partial charge in [0.15, 0.2) is 0 Å². The molecule has 0 aliphatic carbocycles. The van der Waals surface area contributed by atoms with Crippen molar-refractivity contribution in [1.29, 1.82) is 0 Å². The minimum atomic E-state index is 0.195. The minimum absolute atomic E-state index is 0.195. The molecule has 1 atom stereocenters. The Hall–Kier alpha value is -6.53. The standard InChI is InChI=1S/C44H36N6/c45-28-32(30-20-23-35(24-21-30)49-39-15-3-1-13-37(39)43-41(49)17-7-25-46-43)10-5-11-34-22-19-33(29-48-34)31-9-6-12-36(27-31)50-40-16-4-2-14-38(40)44-42(50)18-8-26-47-44/h1-10,12-25,27-29,34,47-48H,11,26,45H2/b10-5-,32-28+. The predicted molar refractivity (Wildman–Crippen MR) is 209 cm³/mol. The fraction of sp³-hybridized carbons (Fsp3) is 0.0682. The van der Waals surface area contributed by atoms with Crippen LogP contribution >= 0.6 is 0 Å². The molecule has 4 N–H and O–H groups in total. The molecule has 2 aliphatic rings. The van der Waals surface area contributed by atoms with Crippen LogP contribution in [-0.2, 0) is 0 Å². The summed E-state index contributed by atoms with van der Waals surface area (Å²) in [6, 6.07) is 38.7. The van der Waals surface area contributed by atoms with Crippen LogP contribution in [0.15, 0.2) is 158 Å². The van der Waals surface area contributed by atoms with E-state index in [0.717, 1.165) is 63.0 Å². The molecule has 242 valence electrons. The summed E-state index contributed by atoms with van der Waals surface area (Å²) < 4.78 is 4.62. The van der Waals surface area contributed by atoms with Crippen LogP contribution in [0.3, 0.4) is 0 Å². The van der Waals surface area contributed by atoms with Gasteiger partial charge >= 0.3 is 0 Å². The van der Waals surface area contributed by atoms with Gasteiger partial charge < -0.3 is 25.5 Å². The zero-order chi connectivity index (χ0) is 33.4. The fourth-order valence-electron chi connectivity index (χ4n) is 7.34. The van der Waals surface area contributed by atoms with Crippen LogP contribution in [0.5, 0.6) is 0 Å². The van der Waals surface area contributed by atoms with E-state index in [0.29, 0.717) is 0 Å². The monoisotopic (exact) mass is 648 g/mol. The van der Waals surface area contributed by atoms with Crippen LogP contribution < -0.4 is 16.4 Å². The van der Waals surface area contributed by atoms with E-state index < -0.39 is 0 Å². The lowest BCUT2D eigenvalue weighted by molar-refractivity contribution is 0.705. The van der Waals surface area contributed by atoms with E-state index in [1.165, 1.54) is 27.8 Å². The number of hydrogen-bond donors (Lipinski definition) is 3. The zero-order valence-electron chi connectivity index (χ0n) is 27.5. The Morgan fingerprint density at radius 2 is 1.60 bits per heavy atom. The minimum Gasteiger partial charge on any atom is -0.404 e. The molecule has 3 aromatic heterocycles. The zero-order valence-corrected chi connectivity index (χ0v) is 27.5. The molecular weight excluding hydrogens is 613 g/mol. The largest absolute Gasteiger partial charge is 0.404 e. The van der Waals surface area contributed by atoms with Gasteiger partial charge in [-0.25, -0.2) is 0 Å². The summed E-state index contributed by atoms with van der Waals surface area (Å²) in [7, 11) is 0. The quantitative estimate of drug-likeness (QED) is 0.151. The highest BCUT2D eigenvalue weighted by molar-refractivity contribution is 6.07. The molecule has 9 rings (SSSR count). The predicted octanol–water partition coefficient (Wildman–Crippen LogP) is 9.38. The Labute approximate surface area is 290 Å². The summed E-state index contributed by atoms with van der Waals surface area (Å²) in [5.41, 5.74) is 19.6. The van der Waals surface area contributed by atoms with Crippen molar-refractivity contribution in [2.24, 2.45) is 5.73 Å². The smallest absolute Gasteiger partial charge is 0.0963 e. The second-order valence-corrected chi connectivity index (χ2v) is 12.7. The van der Waals surface area contributed by atoms with Gasteiger partial charge in [-0.1, -0.05) is 91.0 Å². The Balaban J connectivity index is 0.893. The molecule has 6 heteroatoms. The van der Waals surface area contributed by atoms with Gasteiger partial charge in [0.25, 0.3) is 0 Å². The topological polar surface area (TPSA) is 72.8 Å². The highest BCUT2D eigenvalue weighted by Gasteiger charge is 2.19. The van der Waals surface area contributed by atoms with E-state index in [-0.39, 0.29) is 6.04 Å². The summed E-state index contributed by atoms with van der Waals surface area (Å²) in [5, 5.41) is 9.57. The van der Waals surface area contributed by atoms with Gasteiger partial charge in [-0.05, 0) is 83.3 Å². The molecule has 2 aliphatic heterocycles. The molecule has 0 amide bonds. The van der Waals surface area contributed by atoms with Crippen molar-refractivity contribution in [1.82, 2.24) is 19.4 Å². The van der Waals surface area contributed by atoms with Gasteiger partial charge in [-0.15, -0.1) is 0 Å². The average molecular weight is 649 g/mol. The number of hydrogen-bond acceptors (Lipinski definition) is 4. The first-order valence-electron chi connectivity index (χ1n) is 17.1. The lowest BCUT2D eigenvalue weighted by atomic mass is 10.0. The van der Waals surface area contributed by atoms with E-state index in [4.69, 9.17) is 5.73 Å². The van der Waals surface area contributed by atoms with Gasteiger partial charge in [0.05, 0.1) is 33.4 Å². The van der Waals surface area contributed by atoms with E-state index in [9.17, 15) is 0 Å². The number of benzene rings is 4. The van der Waals surface area contributed by atoms with Gasteiger partial charge in [-0.3, -0.25) is 4.98 Å². The van der Waals surface area contributed by atoms with Crippen molar-refractivity contribution in [3.05, 3.63) is 175 Å². The van der Waals surface area contributed by atoms with Crippen LogP contribution in [0, 0.1) is 0 Å². The summed E-state index contributed by atoms with van der Waals surface area (Å²) >= 11 is 0. The summed E-state index contributed by atoms with van der Waals surface area (Å²) in [6.07, 6.45) is 19.7. The molecule has 7 aromatic rings. The number of aromatic nitrogens is 3. The first-order chi connectivity index (χ1) is 24.8. The van der Waals surface area contributed by atoms with Crippen LogP contribution in [0.1, 0.15) is 23.2 Å². The number of nitrogens with zero attached hydrogens (tertiary/aromatic N) is 3. The number of allylic oxidation sites excluding steroid dienone is 4. The maximum atomic E-state index is 6.13. The Bertz CT molecular complexity index is 2500. The van der Waals surface area contributed by atoms with Crippen molar-refractivity contribution < 1.29 is 0 Å². The number of nitrogens with two attached hydrogens (primary N) is 1. The normalized spacial score (nSPS) is 15.8. The Morgan fingerprint density at radius 3 is 2.42 bits per heavy atom. The number of fused-ring (bicyclic) bond motifs is 6. The fourth-order valence-corrected chi connectivity index (χ4v) is 7.34. The first kappa shape index (κ1) is 29.6. The number of dihydropyridines is 1. The Kier molecular flexibility index (Phi) is 7.39. The number of pyridine rings is 1. The third kappa shape index (κ3) is 5.09. The van der Waals surface area contributed by atoms with Crippen molar-refractivity contribution in [2.45, 2.75) is 12.5 Å². The molecule has 0 spiro atoms. The number of nitrogens with one attached hydrogen (secondary N) is 2. The maximum Gasteiger partial charge on any atom is 0.0963 e. The SMILES string of the molecule is N/C=C(\C=C/CC1C=CC(c2cccc(-n3c4c(c5ccccc53)NCC=C4)c2)=CN1)c1ccc(-n2c3ccccc3c3ncccc32)cc1. The second kappa shape index (κ2) is 12.5.